The maximum atomic E-state index is 6.14. The smallest absolute Gasteiger partial charge is 0.139 e. The van der Waals surface area contributed by atoms with E-state index in [0.29, 0.717) is 5.02 Å². The van der Waals surface area contributed by atoms with Crippen LogP contribution in [0, 0.1) is 10.5 Å². The van der Waals surface area contributed by atoms with Crippen LogP contribution in [0.15, 0.2) is 36.4 Å². The van der Waals surface area contributed by atoms with Crippen LogP contribution in [0.3, 0.4) is 0 Å². The number of para-hydroxylation sites is 1. The molecule has 18 heavy (non-hydrogen) atoms. The van der Waals surface area contributed by atoms with Gasteiger partial charge in [0, 0.05) is 9.13 Å². The lowest BCUT2D eigenvalue weighted by molar-refractivity contribution is 1.31. The summed E-state index contributed by atoms with van der Waals surface area (Å²) >= 11 is 8.49. The lowest BCUT2D eigenvalue weighted by Crippen LogP contribution is -1.88. The zero-order valence-corrected chi connectivity index (χ0v) is 12.6. The average molecular weight is 369 g/mol. The molecule has 0 aliphatic heterocycles. The van der Waals surface area contributed by atoms with Gasteiger partial charge in [0.1, 0.15) is 11.3 Å². The molecule has 0 spiro atoms. The highest BCUT2D eigenvalue weighted by molar-refractivity contribution is 14.1. The molecular weight excluding hydrogens is 359 g/mol. The average Bonchev–Trinajstić information content (AvgIpc) is 2.78. The minimum atomic E-state index is 0.678. The van der Waals surface area contributed by atoms with Gasteiger partial charge in [0.2, 0.25) is 0 Å². The third-order valence-corrected chi connectivity index (χ3v) is 4.65. The maximum absolute atomic E-state index is 6.14. The molecule has 3 aromatic rings. The Hall–Kier alpha value is -1.07. The molecule has 0 atom stereocenters. The summed E-state index contributed by atoms with van der Waals surface area (Å²) in [6, 6.07) is 12.0. The number of aryl methyl sites for hydroxylation is 1. The highest BCUT2D eigenvalue weighted by Crippen LogP contribution is 2.29. The van der Waals surface area contributed by atoms with Crippen LogP contribution in [0.25, 0.3) is 22.4 Å². The molecule has 0 saturated heterocycles. The highest BCUT2D eigenvalue weighted by Gasteiger charge is 2.11. The molecule has 0 amide bonds. The van der Waals surface area contributed by atoms with Gasteiger partial charge < -0.3 is 4.98 Å². The van der Waals surface area contributed by atoms with Crippen molar-refractivity contribution >= 4 is 45.2 Å². The predicted octanol–water partition coefficient (Wildman–Crippen LogP) is 4.80. The van der Waals surface area contributed by atoms with Crippen LogP contribution in [-0.4, -0.2) is 9.97 Å². The number of nitrogens with one attached hydrogen (secondary N) is 1. The molecule has 0 aliphatic carbocycles. The van der Waals surface area contributed by atoms with Gasteiger partial charge >= 0.3 is 0 Å². The van der Waals surface area contributed by atoms with Gasteiger partial charge in [-0.15, -0.1) is 0 Å². The summed E-state index contributed by atoms with van der Waals surface area (Å²) in [5.74, 6) is 0.867. The molecule has 2 nitrogen and oxygen atoms in total. The number of fused-ring (bicyclic) bond motifs is 1. The highest BCUT2D eigenvalue weighted by atomic mass is 127. The quantitative estimate of drug-likeness (QED) is 0.614. The van der Waals surface area contributed by atoms with Crippen molar-refractivity contribution in [3.8, 4) is 11.4 Å². The second-order valence-electron chi connectivity index (χ2n) is 4.16. The van der Waals surface area contributed by atoms with Crippen LogP contribution >= 0.6 is 34.2 Å². The van der Waals surface area contributed by atoms with Crippen molar-refractivity contribution in [3.63, 3.8) is 0 Å². The van der Waals surface area contributed by atoms with E-state index in [2.05, 4.69) is 51.6 Å². The number of H-pyrrole nitrogens is 1. The Bertz CT molecular complexity index is 734. The molecule has 4 heteroatoms. The van der Waals surface area contributed by atoms with E-state index in [9.17, 15) is 0 Å². The molecule has 0 aliphatic rings. The van der Waals surface area contributed by atoms with Crippen LogP contribution in [0.4, 0.5) is 0 Å². The molecule has 3 rings (SSSR count). The van der Waals surface area contributed by atoms with Gasteiger partial charge in [-0.2, -0.15) is 0 Å². The number of imidazole rings is 1. The molecule has 2 aromatic carbocycles. The van der Waals surface area contributed by atoms with E-state index < -0.39 is 0 Å². The topological polar surface area (TPSA) is 28.7 Å². The summed E-state index contributed by atoms with van der Waals surface area (Å²) in [4.78, 5) is 7.91. The van der Waals surface area contributed by atoms with Crippen molar-refractivity contribution in [1.29, 1.82) is 0 Å². The second-order valence-corrected chi connectivity index (χ2v) is 5.64. The van der Waals surface area contributed by atoms with E-state index in [1.54, 1.807) is 0 Å². The molecule has 0 radical (unpaired) electrons. The van der Waals surface area contributed by atoms with E-state index in [0.717, 1.165) is 22.4 Å². The van der Waals surface area contributed by atoms with E-state index in [1.807, 2.05) is 24.3 Å². The monoisotopic (exact) mass is 368 g/mol. The van der Waals surface area contributed by atoms with E-state index in [1.165, 1.54) is 9.13 Å². The largest absolute Gasteiger partial charge is 0.338 e. The van der Waals surface area contributed by atoms with Gasteiger partial charge in [-0.3, -0.25) is 0 Å². The number of aromatic amines is 1. The van der Waals surface area contributed by atoms with Crippen LogP contribution in [0.1, 0.15) is 5.56 Å². The zero-order valence-electron chi connectivity index (χ0n) is 9.67. The van der Waals surface area contributed by atoms with Gasteiger partial charge in [-0.25, -0.2) is 4.98 Å². The summed E-state index contributed by atoms with van der Waals surface area (Å²) in [5, 5.41) is 0.678. The fourth-order valence-corrected chi connectivity index (χ4v) is 2.79. The van der Waals surface area contributed by atoms with Crippen molar-refractivity contribution in [3.05, 3.63) is 50.6 Å². The second kappa shape index (κ2) is 4.55. The first-order valence-electron chi connectivity index (χ1n) is 5.56. The Labute approximate surface area is 124 Å². The molecule has 0 bridgehead atoms. The number of hydrogen-bond donors (Lipinski definition) is 1. The number of nitrogens with zero attached hydrogens (tertiary/aromatic N) is 1. The number of benzene rings is 2. The van der Waals surface area contributed by atoms with Crippen LogP contribution in [-0.2, 0) is 0 Å². The zero-order chi connectivity index (χ0) is 12.7. The van der Waals surface area contributed by atoms with Crippen molar-refractivity contribution in [1.82, 2.24) is 9.97 Å². The lowest BCUT2D eigenvalue weighted by Gasteiger charge is -2.03. The Balaban J connectivity index is 2.26. The standard InChI is InChI=1S/C14H10ClIN2/c1-8-4-2-5-9(12(8)16)14-17-11-7-3-6-10(15)13(11)18-14/h2-7H,1H3,(H,17,18). The van der Waals surface area contributed by atoms with Crippen molar-refractivity contribution in [2.24, 2.45) is 0 Å². The number of hydrogen-bond acceptors (Lipinski definition) is 1. The minimum absolute atomic E-state index is 0.678. The number of aromatic nitrogens is 2. The first kappa shape index (κ1) is 12.0. The summed E-state index contributed by atoms with van der Waals surface area (Å²) < 4.78 is 1.21. The van der Waals surface area contributed by atoms with Crippen molar-refractivity contribution < 1.29 is 0 Å². The van der Waals surface area contributed by atoms with Gasteiger partial charge in [0.25, 0.3) is 0 Å². The lowest BCUT2D eigenvalue weighted by atomic mass is 10.1. The first-order chi connectivity index (χ1) is 8.66. The van der Waals surface area contributed by atoms with Gasteiger partial charge in [0.05, 0.1) is 10.5 Å². The fraction of sp³-hybridized carbons (Fsp3) is 0.0714. The van der Waals surface area contributed by atoms with Gasteiger partial charge in [0.15, 0.2) is 0 Å². The molecule has 0 fully saturated rings. The number of halogens is 2. The molecule has 1 heterocycles. The van der Waals surface area contributed by atoms with E-state index in [4.69, 9.17) is 11.6 Å². The fourth-order valence-electron chi connectivity index (χ4n) is 1.96. The molecular formula is C14H10ClIN2. The minimum Gasteiger partial charge on any atom is -0.338 e. The van der Waals surface area contributed by atoms with E-state index in [-0.39, 0.29) is 0 Å². The normalized spacial score (nSPS) is 11.1. The number of rotatable bonds is 1. The Morgan fingerprint density at radius 1 is 1.17 bits per heavy atom. The Morgan fingerprint density at radius 3 is 2.72 bits per heavy atom. The van der Waals surface area contributed by atoms with Crippen LogP contribution < -0.4 is 0 Å². The molecule has 90 valence electrons. The Kier molecular flexibility index (Phi) is 3.03. The van der Waals surface area contributed by atoms with Crippen LogP contribution in [0.2, 0.25) is 5.02 Å². The summed E-state index contributed by atoms with van der Waals surface area (Å²) in [5.41, 5.74) is 4.16. The first-order valence-corrected chi connectivity index (χ1v) is 7.02. The van der Waals surface area contributed by atoms with Gasteiger partial charge in [-0.1, -0.05) is 35.9 Å². The van der Waals surface area contributed by atoms with E-state index >= 15 is 0 Å². The summed E-state index contributed by atoms with van der Waals surface area (Å²) in [7, 11) is 0. The Morgan fingerprint density at radius 2 is 1.94 bits per heavy atom. The SMILES string of the molecule is Cc1cccc(-c2nc3c(Cl)cccc3[nH]2)c1I. The van der Waals surface area contributed by atoms with Crippen LogP contribution in [0.5, 0.6) is 0 Å². The van der Waals surface area contributed by atoms with Crippen molar-refractivity contribution in [2.75, 3.05) is 0 Å². The van der Waals surface area contributed by atoms with Crippen molar-refractivity contribution in [2.45, 2.75) is 6.92 Å². The molecule has 0 unspecified atom stereocenters. The summed E-state index contributed by atoms with van der Waals surface area (Å²) in [6.45, 7) is 2.10. The summed E-state index contributed by atoms with van der Waals surface area (Å²) in [6.07, 6.45) is 0. The molecule has 0 saturated carbocycles. The maximum Gasteiger partial charge on any atom is 0.139 e. The predicted molar refractivity (Wildman–Crippen MR) is 84.0 cm³/mol. The molecule has 1 aromatic heterocycles. The third-order valence-electron chi connectivity index (χ3n) is 2.91. The molecule has 1 N–H and O–H groups in total. The third kappa shape index (κ3) is 1.91. The van der Waals surface area contributed by atoms with Gasteiger partial charge in [-0.05, 0) is 47.2 Å².